The summed E-state index contributed by atoms with van der Waals surface area (Å²) in [5.74, 6) is 0.365. The summed E-state index contributed by atoms with van der Waals surface area (Å²) in [6.45, 7) is 3.65. The summed E-state index contributed by atoms with van der Waals surface area (Å²) in [6.07, 6.45) is 7.07. The molecule has 2 aliphatic rings. The highest BCUT2D eigenvalue weighted by Gasteiger charge is 2.36. The lowest BCUT2D eigenvalue weighted by atomic mass is 9.89. The molecular weight excluding hydrogens is 316 g/mol. The molecule has 0 bridgehead atoms. The number of rotatable bonds is 3. The van der Waals surface area contributed by atoms with Gasteiger partial charge >= 0.3 is 0 Å². The number of pyridine rings is 1. The minimum atomic E-state index is -0.761. The molecule has 2 aliphatic heterocycles. The van der Waals surface area contributed by atoms with Crippen LogP contribution in [0, 0.1) is 5.92 Å². The highest BCUT2D eigenvalue weighted by Crippen LogP contribution is 2.27. The monoisotopic (exact) mass is 342 g/mol. The summed E-state index contributed by atoms with van der Waals surface area (Å²) in [7, 11) is 0. The van der Waals surface area contributed by atoms with Crippen molar-refractivity contribution in [2.75, 3.05) is 26.2 Å². The highest BCUT2D eigenvalue weighted by molar-refractivity contribution is 5.79. The molecule has 134 valence electrons. The van der Waals surface area contributed by atoms with Crippen LogP contribution in [0.2, 0.25) is 0 Å². The van der Waals surface area contributed by atoms with Crippen molar-refractivity contribution in [3.63, 3.8) is 0 Å². The number of likely N-dealkylation sites (tertiary alicyclic amines) is 1. The lowest BCUT2D eigenvalue weighted by Crippen LogP contribution is -2.51. The Labute approximate surface area is 147 Å². The first-order valence-corrected chi connectivity index (χ1v) is 9.26. The molecule has 2 N–H and O–H groups in total. The van der Waals surface area contributed by atoms with Crippen LogP contribution in [-0.2, 0) is 11.3 Å². The fourth-order valence-electron chi connectivity index (χ4n) is 4.10. The van der Waals surface area contributed by atoms with Crippen LogP contribution in [0.3, 0.4) is 0 Å². The number of carbonyl (C=O) groups is 1. The van der Waals surface area contributed by atoms with Crippen molar-refractivity contribution in [3.05, 3.63) is 30.6 Å². The van der Waals surface area contributed by atoms with E-state index in [1.54, 1.807) is 6.20 Å². The molecule has 2 fully saturated rings. The van der Waals surface area contributed by atoms with Crippen LogP contribution in [0.5, 0.6) is 0 Å². The maximum atomic E-state index is 12.6. The summed E-state index contributed by atoms with van der Waals surface area (Å²) >= 11 is 0. The van der Waals surface area contributed by atoms with Crippen molar-refractivity contribution < 1.29 is 9.90 Å². The van der Waals surface area contributed by atoms with Crippen LogP contribution in [0.4, 0.5) is 0 Å². The predicted octanol–water partition coefficient (Wildman–Crippen LogP) is 1.39. The number of piperidine rings is 2. The third-order valence-corrected chi connectivity index (χ3v) is 5.65. The molecule has 6 nitrogen and oxygen atoms in total. The second-order valence-electron chi connectivity index (χ2n) is 7.44. The number of aliphatic hydroxyl groups is 1. The van der Waals surface area contributed by atoms with E-state index in [4.69, 9.17) is 0 Å². The van der Waals surface area contributed by atoms with Crippen molar-refractivity contribution in [3.8, 4) is 0 Å². The number of hydrogen-bond acceptors (Lipinski definition) is 4. The average molecular weight is 342 g/mol. The van der Waals surface area contributed by atoms with Crippen molar-refractivity contribution in [2.45, 2.75) is 37.8 Å². The van der Waals surface area contributed by atoms with E-state index in [9.17, 15) is 9.90 Å². The summed E-state index contributed by atoms with van der Waals surface area (Å²) in [5.41, 5.74) is 1.23. The van der Waals surface area contributed by atoms with Gasteiger partial charge in [-0.2, -0.15) is 0 Å². The van der Waals surface area contributed by atoms with Gasteiger partial charge in [-0.1, -0.05) is 0 Å². The van der Waals surface area contributed by atoms with Crippen molar-refractivity contribution in [1.29, 1.82) is 0 Å². The third kappa shape index (κ3) is 3.41. The van der Waals surface area contributed by atoms with E-state index < -0.39 is 5.60 Å². The van der Waals surface area contributed by atoms with Crippen LogP contribution in [0.1, 0.15) is 25.7 Å². The van der Waals surface area contributed by atoms with Crippen LogP contribution >= 0.6 is 0 Å². The van der Waals surface area contributed by atoms with Gasteiger partial charge in [-0.05, 0) is 50.4 Å². The van der Waals surface area contributed by atoms with Gasteiger partial charge in [-0.3, -0.25) is 9.78 Å². The Kier molecular flexibility index (Phi) is 4.48. The zero-order valence-electron chi connectivity index (χ0n) is 14.5. The maximum Gasteiger partial charge on any atom is 0.226 e. The standard InChI is InChI=1S/C19H26N4O2/c24-18(15-3-1-8-20-13-15)22-11-6-19(25,7-12-22)14-23-10-5-16-17(23)4-2-9-21-16/h2,4-5,9-10,15,20,25H,1,3,6-8,11-14H2. The van der Waals surface area contributed by atoms with E-state index in [1.165, 1.54) is 0 Å². The molecule has 25 heavy (non-hydrogen) atoms. The lowest BCUT2D eigenvalue weighted by molar-refractivity contribution is -0.140. The number of hydrogen-bond donors (Lipinski definition) is 2. The van der Waals surface area contributed by atoms with Gasteiger partial charge in [0.15, 0.2) is 0 Å². The van der Waals surface area contributed by atoms with E-state index in [2.05, 4.69) is 14.9 Å². The molecule has 1 unspecified atom stereocenters. The summed E-state index contributed by atoms with van der Waals surface area (Å²) in [4.78, 5) is 18.9. The molecule has 2 aromatic rings. The van der Waals surface area contributed by atoms with Gasteiger partial charge in [-0.25, -0.2) is 0 Å². The van der Waals surface area contributed by atoms with Crippen LogP contribution < -0.4 is 5.32 Å². The Bertz CT molecular complexity index is 743. The van der Waals surface area contributed by atoms with Crippen LogP contribution in [0.25, 0.3) is 11.0 Å². The molecule has 0 aromatic carbocycles. The number of nitrogens with zero attached hydrogens (tertiary/aromatic N) is 3. The maximum absolute atomic E-state index is 12.6. The molecule has 0 aliphatic carbocycles. The van der Waals surface area contributed by atoms with E-state index in [1.807, 2.05) is 29.3 Å². The van der Waals surface area contributed by atoms with Crippen LogP contribution in [-0.4, -0.2) is 57.2 Å². The third-order valence-electron chi connectivity index (χ3n) is 5.65. The molecule has 4 rings (SSSR count). The zero-order valence-corrected chi connectivity index (χ0v) is 14.5. The van der Waals surface area contributed by atoms with Crippen molar-refractivity contribution in [1.82, 2.24) is 19.8 Å². The van der Waals surface area contributed by atoms with E-state index in [0.717, 1.165) is 37.0 Å². The zero-order chi connectivity index (χ0) is 17.3. The molecule has 1 atom stereocenters. The molecule has 0 radical (unpaired) electrons. The second kappa shape index (κ2) is 6.77. The molecule has 2 aromatic heterocycles. The van der Waals surface area contributed by atoms with Gasteiger partial charge in [0.05, 0.1) is 29.1 Å². The Morgan fingerprint density at radius 3 is 2.96 bits per heavy atom. The first kappa shape index (κ1) is 16.5. The predicted molar refractivity (Wildman–Crippen MR) is 96.1 cm³/mol. The second-order valence-corrected chi connectivity index (χ2v) is 7.44. The summed E-state index contributed by atoms with van der Waals surface area (Å²) in [5, 5.41) is 14.3. The number of carbonyl (C=O) groups excluding carboxylic acids is 1. The van der Waals surface area contributed by atoms with E-state index in [-0.39, 0.29) is 11.8 Å². The largest absolute Gasteiger partial charge is 0.388 e. The summed E-state index contributed by atoms with van der Waals surface area (Å²) < 4.78 is 2.07. The molecule has 0 spiro atoms. The molecule has 6 heteroatoms. The van der Waals surface area contributed by atoms with Gasteiger partial charge in [0, 0.05) is 32.0 Å². The van der Waals surface area contributed by atoms with Crippen molar-refractivity contribution >= 4 is 16.9 Å². The molecule has 0 saturated carbocycles. The molecule has 4 heterocycles. The van der Waals surface area contributed by atoms with Gasteiger partial charge in [-0.15, -0.1) is 0 Å². The van der Waals surface area contributed by atoms with E-state index >= 15 is 0 Å². The van der Waals surface area contributed by atoms with Gasteiger partial charge < -0.3 is 19.9 Å². The smallest absolute Gasteiger partial charge is 0.226 e. The van der Waals surface area contributed by atoms with Crippen LogP contribution in [0.15, 0.2) is 30.6 Å². The molecule has 2 saturated heterocycles. The Morgan fingerprint density at radius 1 is 1.36 bits per heavy atom. The van der Waals surface area contributed by atoms with Gasteiger partial charge in [0.25, 0.3) is 0 Å². The Morgan fingerprint density at radius 2 is 2.20 bits per heavy atom. The highest BCUT2D eigenvalue weighted by atomic mass is 16.3. The van der Waals surface area contributed by atoms with E-state index in [0.29, 0.717) is 32.5 Å². The fourth-order valence-corrected chi connectivity index (χ4v) is 4.10. The lowest BCUT2D eigenvalue weighted by Gasteiger charge is -2.40. The minimum Gasteiger partial charge on any atom is -0.388 e. The molecule has 1 amide bonds. The first-order chi connectivity index (χ1) is 12.1. The van der Waals surface area contributed by atoms with Gasteiger partial charge in [0.2, 0.25) is 5.91 Å². The number of nitrogens with one attached hydrogen (secondary N) is 1. The fraction of sp³-hybridized carbons (Fsp3) is 0.579. The number of amides is 1. The SMILES string of the molecule is O=C(C1CCCNC1)N1CCC(O)(Cn2ccc3ncccc32)CC1. The first-order valence-electron chi connectivity index (χ1n) is 9.26. The normalized spacial score (nSPS) is 23.7. The Hall–Kier alpha value is -1.92. The quantitative estimate of drug-likeness (QED) is 0.884. The summed E-state index contributed by atoms with van der Waals surface area (Å²) in [6, 6.07) is 5.93. The van der Waals surface area contributed by atoms with Crippen molar-refractivity contribution in [2.24, 2.45) is 5.92 Å². The number of fused-ring (bicyclic) bond motifs is 1. The topological polar surface area (TPSA) is 70.4 Å². The van der Waals surface area contributed by atoms with Gasteiger partial charge in [0.1, 0.15) is 0 Å². The average Bonchev–Trinajstić information content (AvgIpc) is 3.05. The number of aromatic nitrogens is 2. The minimum absolute atomic E-state index is 0.111. The molecular formula is C19H26N4O2. The Balaban J connectivity index is 1.39.